The number of nitrogens with one attached hydrogen (secondary N) is 2. The van der Waals surface area contributed by atoms with Gasteiger partial charge in [0.25, 0.3) is 5.91 Å². The number of hydrogen-bond acceptors (Lipinski definition) is 5. The highest BCUT2D eigenvalue weighted by atomic mass is 16.2. The Hall–Kier alpha value is -3.49. The molecule has 0 saturated heterocycles. The Balaban J connectivity index is 1.51. The molecule has 1 aliphatic carbocycles. The molecule has 0 aromatic carbocycles. The minimum atomic E-state index is -0.640. The topological polar surface area (TPSA) is 107 Å². The number of aryl methyl sites for hydroxylation is 3. The largest absolute Gasteiger partial charge is 0.339 e. The first-order valence-electron chi connectivity index (χ1n) is 11.8. The fourth-order valence-electron chi connectivity index (χ4n) is 4.84. The van der Waals surface area contributed by atoms with Crippen LogP contribution in [0.25, 0.3) is 11.1 Å². The number of nitrogens with zero attached hydrogens (tertiary/aromatic N) is 5. The van der Waals surface area contributed by atoms with Gasteiger partial charge in [0.1, 0.15) is 17.6 Å². The lowest BCUT2D eigenvalue weighted by atomic mass is 9.79. The van der Waals surface area contributed by atoms with Crippen molar-refractivity contribution in [1.29, 1.82) is 0 Å². The van der Waals surface area contributed by atoms with E-state index in [2.05, 4.69) is 32.7 Å². The van der Waals surface area contributed by atoms with E-state index in [1.165, 1.54) is 4.68 Å². The SMILES string of the molecule is Cc1nn(C)c(C)c1-c1ccc(NC(=O)[C@@H](NC(=O)c2ccnn2C)[C@H]2CC[C@H](C)CC2)nc1. The molecule has 34 heavy (non-hydrogen) atoms. The van der Waals surface area contributed by atoms with Gasteiger partial charge in [-0.25, -0.2) is 4.98 Å². The van der Waals surface area contributed by atoms with Crippen LogP contribution in [0.2, 0.25) is 0 Å². The summed E-state index contributed by atoms with van der Waals surface area (Å²) in [6.07, 6.45) is 7.22. The van der Waals surface area contributed by atoms with Crippen molar-refractivity contribution < 1.29 is 9.59 Å². The van der Waals surface area contributed by atoms with Crippen LogP contribution in [0.4, 0.5) is 5.82 Å². The summed E-state index contributed by atoms with van der Waals surface area (Å²) in [6.45, 7) is 6.22. The van der Waals surface area contributed by atoms with Crippen molar-refractivity contribution in [2.24, 2.45) is 25.9 Å². The number of anilines is 1. The van der Waals surface area contributed by atoms with E-state index in [4.69, 9.17) is 0 Å². The average molecular weight is 464 g/mol. The molecule has 1 fully saturated rings. The smallest absolute Gasteiger partial charge is 0.270 e. The van der Waals surface area contributed by atoms with Crippen LogP contribution in [0.1, 0.15) is 54.5 Å². The third-order valence-corrected chi connectivity index (χ3v) is 6.97. The van der Waals surface area contributed by atoms with Crippen LogP contribution < -0.4 is 10.6 Å². The van der Waals surface area contributed by atoms with Gasteiger partial charge in [-0.2, -0.15) is 10.2 Å². The number of pyridine rings is 1. The molecule has 180 valence electrons. The van der Waals surface area contributed by atoms with E-state index in [-0.39, 0.29) is 17.7 Å². The van der Waals surface area contributed by atoms with Crippen molar-refractivity contribution in [3.05, 3.63) is 47.7 Å². The van der Waals surface area contributed by atoms with Crippen molar-refractivity contribution >= 4 is 17.6 Å². The lowest BCUT2D eigenvalue weighted by Gasteiger charge is -2.32. The van der Waals surface area contributed by atoms with Crippen molar-refractivity contribution in [3.63, 3.8) is 0 Å². The fraction of sp³-hybridized carbons (Fsp3) is 0.480. The molecule has 4 rings (SSSR count). The van der Waals surface area contributed by atoms with Crippen molar-refractivity contribution in [2.45, 2.75) is 52.5 Å². The van der Waals surface area contributed by atoms with Crippen LogP contribution in [-0.4, -0.2) is 42.4 Å². The molecule has 9 nitrogen and oxygen atoms in total. The van der Waals surface area contributed by atoms with E-state index >= 15 is 0 Å². The summed E-state index contributed by atoms with van der Waals surface area (Å²) < 4.78 is 3.36. The van der Waals surface area contributed by atoms with Crippen LogP contribution in [0.15, 0.2) is 30.6 Å². The summed E-state index contributed by atoms with van der Waals surface area (Å²) in [5.41, 5.74) is 4.41. The van der Waals surface area contributed by atoms with E-state index in [0.717, 1.165) is 48.2 Å². The van der Waals surface area contributed by atoms with Crippen molar-refractivity contribution in [3.8, 4) is 11.1 Å². The van der Waals surface area contributed by atoms with Gasteiger partial charge in [-0.1, -0.05) is 19.8 Å². The molecule has 0 bridgehead atoms. The third-order valence-electron chi connectivity index (χ3n) is 6.97. The number of carbonyl (C=O) groups is 2. The molecule has 1 atom stereocenters. The van der Waals surface area contributed by atoms with Gasteiger partial charge < -0.3 is 10.6 Å². The van der Waals surface area contributed by atoms with Crippen LogP contribution in [0, 0.1) is 25.7 Å². The lowest BCUT2D eigenvalue weighted by Crippen LogP contribution is -2.49. The van der Waals surface area contributed by atoms with E-state index in [1.807, 2.05) is 31.6 Å². The van der Waals surface area contributed by atoms with Crippen molar-refractivity contribution in [1.82, 2.24) is 29.9 Å². The Bertz CT molecular complexity index is 1170. The summed E-state index contributed by atoms with van der Waals surface area (Å²) in [4.78, 5) is 30.7. The number of rotatable bonds is 6. The normalized spacial score (nSPS) is 19.0. The maximum absolute atomic E-state index is 13.3. The van der Waals surface area contributed by atoms with Gasteiger partial charge >= 0.3 is 0 Å². The van der Waals surface area contributed by atoms with E-state index in [1.54, 1.807) is 31.6 Å². The van der Waals surface area contributed by atoms with E-state index in [0.29, 0.717) is 17.4 Å². The first-order chi connectivity index (χ1) is 16.2. The minimum absolute atomic E-state index is 0.0772. The molecule has 1 saturated carbocycles. The highest BCUT2D eigenvalue weighted by Gasteiger charge is 2.33. The second-order valence-corrected chi connectivity index (χ2v) is 9.40. The first kappa shape index (κ1) is 23.7. The summed E-state index contributed by atoms with van der Waals surface area (Å²) in [6, 6.07) is 4.74. The maximum atomic E-state index is 13.3. The summed E-state index contributed by atoms with van der Waals surface area (Å²) in [5, 5.41) is 14.4. The molecular weight excluding hydrogens is 430 g/mol. The zero-order valence-corrected chi connectivity index (χ0v) is 20.5. The minimum Gasteiger partial charge on any atom is -0.339 e. The van der Waals surface area contributed by atoms with Crippen LogP contribution in [-0.2, 0) is 18.9 Å². The zero-order chi connectivity index (χ0) is 24.4. The number of hydrogen-bond donors (Lipinski definition) is 2. The number of amides is 2. The molecule has 3 aromatic rings. The third kappa shape index (κ3) is 4.88. The Kier molecular flexibility index (Phi) is 6.81. The highest BCUT2D eigenvalue weighted by Crippen LogP contribution is 2.31. The van der Waals surface area contributed by atoms with Gasteiger partial charge in [0.15, 0.2) is 0 Å². The van der Waals surface area contributed by atoms with Gasteiger partial charge in [0, 0.05) is 43.3 Å². The molecule has 0 radical (unpaired) electrons. The van der Waals surface area contributed by atoms with Crippen molar-refractivity contribution in [2.75, 3.05) is 5.32 Å². The molecule has 0 unspecified atom stereocenters. The zero-order valence-electron chi connectivity index (χ0n) is 20.5. The van der Waals surface area contributed by atoms with E-state index in [9.17, 15) is 9.59 Å². The molecule has 2 N–H and O–H groups in total. The van der Waals surface area contributed by atoms with Crippen LogP contribution in [0.5, 0.6) is 0 Å². The first-order valence-corrected chi connectivity index (χ1v) is 11.8. The van der Waals surface area contributed by atoms with Crippen LogP contribution in [0.3, 0.4) is 0 Å². The molecule has 0 aliphatic heterocycles. The van der Waals surface area contributed by atoms with E-state index < -0.39 is 6.04 Å². The van der Waals surface area contributed by atoms with Gasteiger partial charge in [0.2, 0.25) is 5.91 Å². The highest BCUT2D eigenvalue weighted by molar-refractivity contribution is 6.00. The van der Waals surface area contributed by atoms with Gasteiger partial charge in [-0.3, -0.25) is 19.0 Å². The quantitative estimate of drug-likeness (QED) is 0.583. The predicted octanol–water partition coefficient (Wildman–Crippen LogP) is 3.40. The maximum Gasteiger partial charge on any atom is 0.270 e. The van der Waals surface area contributed by atoms with Gasteiger partial charge in [0.05, 0.1) is 5.69 Å². The summed E-state index contributed by atoms with van der Waals surface area (Å²) in [7, 11) is 3.63. The predicted molar refractivity (Wildman–Crippen MR) is 130 cm³/mol. The van der Waals surface area contributed by atoms with Gasteiger partial charge in [-0.15, -0.1) is 0 Å². The average Bonchev–Trinajstić information content (AvgIpc) is 3.35. The molecule has 3 heterocycles. The molecule has 1 aliphatic rings. The number of aromatic nitrogens is 5. The second-order valence-electron chi connectivity index (χ2n) is 9.40. The molecule has 3 aromatic heterocycles. The van der Waals surface area contributed by atoms with Gasteiger partial charge in [-0.05, 0) is 56.7 Å². The molecule has 2 amide bonds. The Labute approximate surface area is 200 Å². The molecular formula is C25H33N7O2. The number of carbonyl (C=O) groups excluding carboxylic acids is 2. The lowest BCUT2D eigenvalue weighted by molar-refractivity contribution is -0.119. The second kappa shape index (κ2) is 9.79. The summed E-state index contributed by atoms with van der Waals surface area (Å²) >= 11 is 0. The molecule has 0 spiro atoms. The van der Waals surface area contributed by atoms with Crippen LogP contribution >= 0.6 is 0 Å². The Morgan fingerprint density at radius 2 is 1.79 bits per heavy atom. The fourth-order valence-corrected chi connectivity index (χ4v) is 4.84. The summed E-state index contributed by atoms with van der Waals surface area (Å²) in [5.74, 6) is 0.625. The molecule has 9 heteroatoms. The Morgan fingerprint density at radius 1 is 1.06 bits per heavy atom. The monoisotopic (exact) mass is 463 g/mol. The Morgan fingerprint density at radius 3 is 2.35 bits per heavy atom. The standard InChI is InChI=1S/C25H33N7O2/c1-15-6-8-18(9-7-15)23(29-24(33)20-12-13-27-32(20)5)25(34)28-21-11-10-19(14-26-21)22-16(2)30-31(4)17(22)3/h10-15,18,23H,6-9H2,1-5H3,(H,29,33)(H,26,28,34)/t15-,18-,23-/m0/s1.